The van der Waals surface area contributed by atoms with Crippen molar-refractivity contribution in [2.45, 2.75) is 38.3 Å². The Morgan fingerprint density at radius 2 is 2.19 bits per heavy atom. The highest BCUT2D eigenvalue weighted by Gasteiger charge is 2.19. The third kappa shape index (κ3) is 3.58. The Morgan fingerprint density at radius 1 is 1.29 bits per heavy atom. The monoisotopic (exact) mass is 291 g/mol. The van der Waals surface area contributed by atoms with Gasteiger partial charge in [-0.25, -0.2) is 4.39 Å². The molecular formula is C15H18FN3O2. The van der Waals surface area contributed by atoms with Crippen molar-refractivity contribution in [1.82, 2.24) is 15.5 Å². The minimum Gasteiger partial charge on any atom is -0.481 e. The maximum absolute atomic E-state index is 13.4. The summed E-state index contributed by atoms with van der Waals surface area (Å²) in [6.07, 6.45) is 4.57. The third-order valence-corrected chi connectivity index (χ3v) is 3.54. The van der Waals surface area contributed by atoms with E-state index in [1.54, 1.807) is 18.2 Å². The average Bonchev–Trinajstić information content (AvgIpc) is 2.80. The zero-order valence-electron chi connectivity index (χ0n) is 11.7. The lowest BCUT2D eigenvalue weighted by Gasteiger charge is -2.09. The van der Waals surface area contributed by atoms with E-state index in [1.807, 2.05) is 0 Å². The molecule has 1 N–H and O–H groups in total. The van der Waals surface area contributed by atoms with Gasteiger partial charge in [0, 0.05) is 0 Å². The van der Waals surface area contributed by atoms with Crippen LogP contribution in [0.15, 0.2) is 28.8 Å². The van der Waals surface area contributed by atoms with Crippen LogP contribution in [0.25, 0.3) is 0 Å². The van der Waals surface area contributed by atoms with Crippen LogP contribution in [0.1, 0.15) is 43.4 Å². The number of aromatic nitrogens is 2. The van der Waals surface area contributed by atoms with Crippen molar-refractivity contribution in [1.29, 1.82) is 0 Å². The van der Waals surface area contributed by atoms with Gasteiger partial charge in [-0.1, -0.05) is 30.1 Å². The summed E-state index contributed by atoms with van der Waals surface area (Å²) in [5.74, 6) is 0.802. The Balaban J connectivity index is 1.61. The number of para-hydroxylation sites is 1. The lowest BCUT2D eigenvalue weighted by atomic mass is 10.1. The zero-order valence-corrected chi connectivity index (χ0v) is 11.7. The molecular weight excluding hydrogens is 273 g/mol. The van der Waals surface area contributed by atoms with Crippen LogP contribution in [-0.4, -0.2) is 16.7 Å². The van der Waals surface area contributed by atoms with Crippen LogP contribution in [-0.2, 0) is 6.61 Å². The number of rotatable bonds is 4. The van der Waals surface area contributed by atoms with Gasteiger partial charge in [0.25, 0.3) is 5.89 Å². The molecule has 1 aromatic carbocycles. The number of nitrogens with zero attached hydrogens (tertiary/aromatic N) is 2. The summed E-state index contributed by atoms with van der Waals surface area (Å²) in [6.45, 7) is 1.04. The first-order valence-electron chi connectivity index (χ1n) is 7.26. The highest BCUT2D eigenvalue weighted by molar-refractivity contribution is 5.23. The zero-order chi connectivity index (χ0) is 14.5. The Bertz CT molecular complexity index is 580. The Hall–Kier alpha value is -1.95. The molecule has 2 aromatic rings. The quantitative estimate of drug-likeness (QED) is 0.938. The number of nitrogens with one attached hydrogen (secondary N) is 1. The fourth-order valence-electron chi connectivity index (χ4n) is 2.42. The van der Waals surface area contributed by atoms with E-state index in [0.717, 1.165) is 19.4 Å². The second kappa shape index (κ2) is 6.67. The van der Waals surface area contributed by atoms with Crippen molar-refractivity contribution in [2.75, 3.05) is 6.54 Å². The van der Waals surface area contributed by atoms with Crippen LogP contribution in [0, 0.1) is 5.82 Å². The molecule has 0 radical (unpaired) electrons. The predicted molar refractivity (Wildman–Crippen MR) is 74.2 cm³/mol. The molecule has 0 saturated carbocycles. The summed E-state index contributed by atoms with van der Waals surface area (Å²) in [5.41, 5.74) is 0. The number of hydrogen-bond acceptors (Lipinski definition) is 5. The number of halogens is 1. The molecule has 1 atom stereocenters. The topological polar surface area (TPSA) is 60.2 Å². The normalized spacial score (nSPS) is 19.2. The number of hydrogen-bond donors (Lipinski definition) is 1. The second-order valence-corrected chi connectivity index (χ2v) is 5.12. The summed E-state index contributed by atoms with van der Waals surface area (Å²) in [4.78, 5) is 4.33. The fourth-order valence-corrected chi connectivity index (χ4v) is 2.42. The molecule has 0 unspecified atom stereocenters. The van der Waals surface area contributed by atoms with Gasteiger partial charge >= 0.3 is 0 Å². The van der Waals surface area contributed by atoms with E-state index in [2.05, 4.69) is 15.5 Å². The maximum Gasteiger partial charge on any atom is 0.264 e. The van der Waals surface area contributed by atoms with Crippen LogP contribution in [0.3, 0.4) is 0 Å². The summed E-state index contributed by atoms with van der Waals surface area (Å²) < 4.78 is 24.0. The fraction of sp³-hybridized carbons (Fsp3) is 0.467. The van der Waals surface area contributed by atoms with Crippen molar-refractivity contribution in [3.63, 3.8) is 0 Å². The molecule has 1 aliphatic rings. The molecule has 2 heterocycles. The Kier molecular flexibility index (Phi) is 4.45. The standard InChI is InChI=1S/C15H18FN3O2/c16-11-6-3-4-8-13(11)20-10-14-18-15(19-21-14)12-7-2-1-5-9-17-12/h3-4,6,8,12,17H,1-2,5,7,9-10H2/t12-/m1/s1. The Labute approximate surface area is 122 Å². The van der Waals surface area contributed by atoms with Gasteiger partial charge in [-0.05, 0) is 31.5 Å². The molecule has 1 aliphatic heterocycles. The summed E-state index contributed by atoms with van der Waals surface area (Å²) >= 11 is 0. The lowest BCUT2D eigenvalue weighted by Crippen LogP contribution is -2.21. The molecule has 1 aromatic heterocycles. The minimum atomic E-state index is -0.400. The molecule has 0 bridgehead atoms. The van der Waals surface area contributed by atoms with Gasteiger partial charge < -0.3 is 14.6 Å². The third-order valence-electron chi connectivity index (χ3n) is 3.54. The van der Waals surface area contributed by atoms with Gasteiger partial charge in [-0.2, -0.15) is 4.98 Å². The van der Waals surface area contributed by atoms with Gasteiger partial charge in [-0.15, -0.1) is 0 Å². The first kappa shape index (κ1) is 14.0. The van der Waals surface area contributed by atoms with E-state index < -0.39 is 5.82 Å². The second-order valence-electron chi connectivity index (χ2n) is 5.12. The SMILES string of the molecule is Fc1ccccc1OCc1nc([C@H]2CCCCCN2)no1. The molecule has 0 aliphatic carbocycles. The molecule has 1 saturated heterocycles. The first-order valence-corrected chi connectivity index (χ1v) is 7.26. The highest BCUT2D eigenvalue weighted by Crippen LogP contribution is 2.21. The van der Waals surface area contributed by atoms with E-state index >= 15 is 0 Å². The van der Waals surface area contributed by atoms with Crippen molar-refractivity contribution in [3.8, 4) is 5.75 Å². The summed E-state index contributed by atoms with van der Waals surface area (Å²) in [5, 5.41) is 7.40. The maximum atomic E-state index is 13.4. The molecule has 0 amide bonds. The van der Waals surface area contributed by atoms with E-state index in [4.69, 9.17) is 9.26 Å². The average molecular weight is 291 g/mol. The molecule has 5 nitrogen and oxygen atoms in total. The lowest BCUT2D eigenvalue weighted by molar-refractivity contribution is 0.233. The van der Waals surface area contributed by atoms with Crippen LogP contribution < -0.4 is 10.1 Å². The molecule has 6 heteroatoms. The molecule has 3 rings (SSSR count). The van der Waals surface area contributed by atoms with E-state index in [1.165, 1.54) is 18.9 Å². The molecule has 21 heavy (non-hydrogen) atoms. The number of benzene rings is 1. The largest absolute Gasteiger partial charge is 0.481 e. The predicted octanol–water partition coefficient (Wildman–Crippen LogP) is 2.99. The van der Waals surface area contributed by atoms with Crippen molar-refractivity contribution in [2.24, 2.45) is 0 Å². The highest BCUT2D eigenvalue weighted by atomic mass is 19.1. The van der Waals surface area contributed by atoms with Gasteiger partial charge in [0.05, 0.1) is 6.04 Å². The van der Waals surface area contributed by atoms with E-state index in [9.17, 15) is 4.39 Å². The number of ether oxygens (including phenoxy) is 1. The molecule has 112 valence electrons. The smallest absolute Gasteiger partial charge is 0.264 e. The minimum absolute atomic E-state index is 0.0701. The van der Waals surface area contributed by atoms with Gasteiger partial charge in [0.1, 0.15) is 0 Å². The molecule has 1 fully saturated rings. The van der Waals surface area contributed by atoms with E-state index in [0.29, 0.717) is 11.7 Å². The van der Waals surface area contributed by atoms with Gasteiger partial charge in [0.2, 0.25) is 0 Å². The van der Waals surface area contributed by atoms with E-state index in [-0.39, 0.29) is 18.4 Å². The summed E-state index contributed by atoms with van der Waals surface area (Å²) in [7, 11) is 0. The molecule has 0 spiro atoms. The summed E-state index contributed by atoms with van der Waals surface area (Å²) in [6, 6.07) is 6.39. The van der Waals surface area contributed by atoms with Crippen molar-refractivity contribution < 1.29 is 13.7 Å². The van der Waals surface area contributed by atoms with Crippen LogP contribution in [0.4, 0.5) is 4.39 Å². The van der Waals surface area contributed by atoms with Gasteiger partial charge in [-0.3, -0.25) is 0 Å². The Morgan fingerprint density at radius 3 is 3.10 bits per heavy atom. The van der Waals surface area contributed by atoms with Crippen molar-refractivity contribution >= 4 is 0 Å². The van der Waals surface area contributed by atoms with Crippen LogP contribution in [0.5, 0.6) is 5.75 Å². The van der Waals surface area contributed by atoms with Crippen LogP contribution in [0.2, 0.25) is 0 Å². The van der Waals surface area contributed by atoms with Crippen molar-refractivity contribution in [3.05, 3.63) is 41.8 Å². The van der Waals surface area contributed by atoms with Crippen LogP contribution >= 0.6 is 0 Å². The first-order chi connectivity index (χ1) is 10.3. The van der Waals surface area contributed by atoms with Gasteiger partial charge in [0.15, 0.2) is 24.0 Å².